The minimum atomic E-state index is -0.372. The van der Waals surface area contributed by atoms with E-state index < -0.39 is 0 Å². The summed E-state index contributed by atoms with van der Waals surface area (Å²) in [5, 5.41) is 4.78. The molecule has 0 aromatic heterocycles. The Balaban J connectivity index is 1.59. The van der Waals surface area contributed by atoms with Crippen molar-refractivity contribution in [1.29, 1.82) is 0 Å². The van der Waals surface area contributed by atoms with Gasteiger partial charge in [-0.05, 0) is 55.2 Å². The van der Waals surface area contributed by atoms with Crippen molar-refractivity contribution in [3.8, 4) is 0 Å². The van der Waals surface area contributed by atoms with E-state index in [0.29, 0.717) is 15.6 Å². The smallest absolute Gasteiger partial charge is 0.272 e. The fraction of sp³-hybridized carbons (Fsp3) is 0.263. The van der Waals surface area contributed by atoms with Crippen molar-refractivity contribution in [3.63, 3.8) is 0 Å². The number of carbonyl (C=O) groups is 1. The Morgan fingerprint density at radius 1 is 1.04 bits per heavy atom. The van der Waals surface area contributed by atoms with Crippen LogP contribution in [0.25, 0.3) is 0 Å². The molecule has 130 valence electrons. The first-order valence-electron chi connectivity index (χ1n) is 8.27. The fourth-order valence-corrected chi connectivity index (χ4v) is 3.32. The molecule has 1 N–H and O–H groups in total. The van der Waals surface area contributed by atoms with E-state index >= 15 is 0 Å². The maximum Gasteiger partial charge on any atom is 0.272 e. The largest absolute Gasteiger partial charge is 0.372 e. The number of halogens is 2. The van der Waals surface area contributed by atoms with Gasteiger partial charge in [-0.2, -0.15) is 5.10 Å². The Morgan fingerprint density at radius 3 is 2.44 bits per heavy atom. The summed E-state index contributed by atoms with van der Waals surface area (Å²) in [6.45, 7) is 2.23. The van der Waals surface area contributed by atoms with Gasteiger partial charge in [0.05, 0.1) is 16.8 Å². The second-order valence-corrected chi connectivity index (χ2v) is 6.81. The van der Waals surface area contributed by atoms with E-state index in [1.165, 1.54) is 31.0 Å². The van der Waals surface area contributed by atoms with E-state index in [9.17, 15) is 4.79 Å². The predicted octanol–water partition coefficient (Wildman–Crippen LogP) is 4.75. The molecule has 1 aliphatic heterocycles. The highest BCUT2D eigenvalue weighted by Gasteiger charge is 2.11. The van der Waals surface area contributed by atoms with E-state index in [4.69, 9.17) is 23.2 Å². The van der Waals surface area contributed by atoms with Crippen LogP contribution < -0.4 is 10.3 Å². The van der Waals surface area contributed by atoms with Gasteiger partial charge in [-0.15, -0.1) is 0 Å². The van der Waals surface area contributed by atoms with Gasteiger partial charge in [-0.3, -0.25) is 4.79 Å². The molecule has 0 spiro atoms. The molecular weight excluding hydrogens is 357 g/mol. The number of anilines is 1. The molecule has 2 aromatic rings. The summed E-state index contributed by atoms with van der Waals surface area (Å²) in [7, 11) is 0. The van der Waals surface area contributed by atoms with E-state index in [1.54, 1.807) is 18.3 Å². The molecule has 3 rings (SSSR count). The first-order chi connectivity index (χ1) is 12.1. The number of nitrogens with zero attached hydrogens (tertiary/aromatic N) is 2. The number of piperidine rings is 1. The zero-order chi connectivity index (χ0) is 17.6. The monoisotopic (exact) mass is 375 g/mol. The molecule has 0 saturated carbocycles. The van der Waals surface area contributed by atoms with E-state index in [1.807, 2.05) is 12.1 Å². The number of benzene rings is 2. The van der Waals surface area contributed by atoms with Gasteiger partial charge < -0.3 is 4.90 Å². The number of rotatable bonds is 4. The van der Waals surface area contributed by atoms with Crippen LogP contribution in [0.5, 0.6) is 0 Å². The normalized spacial score (nSPS) is 14.7. The fourth-order valence-electron chi connectivity index (χ4n) is 2.82. The topological polar surface area (TPSA) is 44.7 Å². The maximum atomic E-state index is 12.1. The molecule has 0 aliphatic carbocycles. The predicted molar refractivity (Wildman–Crippen MR) is 104 cm³/mol. The average Bonchev–Trinajstić information content (AvgIpc) is 2.63. The number of hydrazone groups is 1. The highest BCUT2D eigenvalue weighted by Crippen LogP contribution is 2.21. The molecule has 4 nitrogen and oxygen atoms in total. The Bertz CT molecular complexity index is 769. The molecule has 0 radical (unpaired) electrons. The molecule has 25 heavy (non-hydrogen) atoms. The quantitative estimate of drug-likeness (QED) is 0.618. The Labute approximate surface area is 157 Å². The zero-order valence-electron chi connectivity index (χ0n) is 13.7. The van der Waals surface area contributed by atoms with Crippen molar-refractivity contribution in [2.75, 3.05) is 18.0 Å². The van der Waals surface area contributed by atoms with Gasteiger partial charge in [0.1, 0.15) is 0 Å². The van der Waals surface area contributed by atoms with Gasteiger partial charge in [-0.25, -0.2) is 5.43 Å². The molecule has 1 aliphatic rings. The summed E-state index contributed by atoms with van der Waals surface area (Å²) in [6, 6.07) is 12.9. The first-order valence-corrected chi connectivity index (χ1v) is 9.02. The van der Waals surface area contributed by atoms with E-state index in [0.717, 1.165) is 18.7 Å². The number of hydrogen-bond acceptors (Lipinski definition) is 3. The summed E-state index contributed by atoms with van der Waals surface area (Å²) in [5.74, 6) is -0.372. The third kappa shape index (κ3) is 4.74. The molecular formula is C19H19Cl2N3O. The van der Waals surface area contributed by atoms with Gasteiger partial charge >= 0.3 is 0 Å². The van der Waals surface area contributed by atoms with Gasteiger partial charge in [0.25, 0.3) is 5.91 Å². The summed E-state index contributed by atoms with van der Waals surface area (Å²) in [6.07, 6.45) is 5.44. The SMILES string of the molecule is O=C(N/N=C\c1ccc(N2CCCCC2)cc1)c1ccc(Cl)cc1Cl. The van der Waals surface area contributed by atoms with Crippen LogP contribution in [0.1, 0.15) is 35.2 Å². The van der Waals surface area contributed by atoms with Crippen LogP contribution in [0.15, 0.2) is 47.6 Å². The van der Waals surface area contributed by atoms with Crippen molar-refractivity contribution >= 4 is 41.0 Å². The van der Waals surface area contributed by atoms with Gasteiger partial charge in [0.15, 0.2) is 0 Å². The lowest BCUT2D eigenvalue weighted by Crippen LogP contribution is -2.29. The number of nitrogens with one attached hydrogen (secondary N) is 1. The summed E-state index contributed by atoms with van der Waals surface area (Å²) < 4.78 is 0. The van der Waals surface area contributed by atoms with E-state index in [2.05, 4.69) is 27.6 Å². The highest BCUT2D eigenvalue weighted by atomic mass is 35.5. The standard InChI is InChI=1S/C19H19Cl2N3O/c20-15-6-9-17(18(21)12-15)19(25)23-22-13-14-4-7-16(8-5-14)24-10-2-1-3-11-24/h4-9,12-13H,1-3,10-11H2,(H,23,25)/b22-13-. The molecule has 1 heterocycles. The Morgan fingerprint density at radius 2 is 1.76 bits per heavy atom. The lowest BCUT2D eigenvalue weighted by molar-refractivity contribution is 0.0955. The van der Waals surface area contributed by atoms with Crippen molar-refractivity contribution in [2.45, 2.75) is 19.3 Å². The summed E-state index contributed by atoms with van der Waals surface area (Å²) >= 11 is 11.8. The van der Waals surface area contributed by atoms with Gasteiger partial charge in [-0.1, -0.05) is 35.3 Å². The van der Waals surface area contributed by atoms with Crippen LogP contribution in [-0.4, -0.2) is 25.2 Å². The zero-order valence-corrected chi connectivity index (χ0v) is 15.2. The molecule has 1 amide bonds. The summed E-state index contributed by atoms with van der Waals surface area (Å²) in [4.78, 5) is 14.5. The molecule has 1 fully saturated rings. The van der Waals surface area contributed by atoms with Crippen LogP contribution in [0.3, 0.4) is 0 Å². The summed E-state index contributed by atoms with van der Waals surface area (Å²) in [5.41, 5.74) is 4.97. The maximum absolute atomic E-state index is 12.1. The lowest BCUT2D eigenvalue weighted by Gasteiger charge is -2.28. The number of amides is 1. The molecule has 6 heteroatoms. The Hall–Kier alpha value is -2.04. The molecule has 1 saturated heterocycles. The number of carbonyl (C=O) groups excluding carboxylic acids is 1. The van der Waals surface area contributed by atoms with Crippen LogP contribution >= 0.6 is 23.2 Å². The second kappa shape index (κ2) is 8.37. The van der Waals surface area contributed by atoms with Gasteiger partial charge in [0, 0.05) is 23.8 Å². The average molecular weight is 376 g/mol. The van der Waals surface area contributed by atoms with Crippen molar-refractivity contribution in [3.05, 3.63) is 63.6 Å². The van der Waals surface area contributed by atoms with Crippen LogP contribution in [-0.2, 0) is 0 Å². The van der Waals surface area contributed by atoms with E-state index in [-0.39, 0.29) is 5.91 Å². The van der Waals surface area contributed by atoms with Crippen molar-refractivity contribution < 1.29 is 4.79 Å². The highest BCUT2D eigenvalue weighted by molar-refractivity contribution is 6.36. The third-order valence-corrected chi connectivity index (χ3v) is 4.72. The van der Waals surface area contributed by atoms with Crippen molar-refractivity contribution in [2.24, 2.45) is 5.10 Å². The van der Waals surface area contributed by atoms with Crippen molar-refractivity contribution in [1.82, 2.24) is 5.43 Å². The van der Waals surface area contributed by atoms with Gasteiger partial charge in [0.2, 0.25) is 0 Å². The first kappa shape index (κ1) is 17.8. The molecule has 0 unspecified atom stereocenters. The second-order valence-electron chi connectivity index (χ2n) is 5.96. The molecule has 2 aromatic carbocycles. The van der Waals surface area contributed by atoms with Crippen LogP contribution in [0.4, 0.5) is 5.69 Å². The molecule has 0 atom stereocenters. The van der Waals surface area contributed by atoms with Crippen LogP contribution in [0.2, 0.25) is 10.0 Å². The minimum absolute atomic E-state index is 0.297. The lowest BCUT2D eigenvalue weighted by atomic mass is 10.1. The van der Waals surface area contributed by atoms with Crippen LogP contribution in [0, 0.1) is 0 Å². The molecule has 0 bridgehead atoms. The number of hydrogen-bond donors (Lipinski definition) is 1. The minimum Gasteiger partial charge on any atom is -0.372 e. The third-order valence-electron chi connectivity index (χ3n) is 4.17. The Kier molecular flexibility index (Phi) is 5.95.